The summed E-state index contributed by atoms with van der Waals surface area (Å²) in [7, 11) is 12.1. The third-order valence-corrected chi connectivity index (χ3v) is 4.12. The molecule has 1 aliphatic carbocycles. The second-order valence-electron chi connectivity index (χ2n) is 6.42. The van der Waals surface area contributed by atoms with Crippen molar-refractivity contribution < 1.29 is 24.7 Å². The fourth-order valence-corrected chi connectivity index (χ4v) is 1.88. The molecule has 0 aliphatic heterocycles. The maximum absolute atomic E-state index is 3.56. The molecule has 0 aromatic rings. The van der Waals surface area contributed by atoms with E-state index in [0.29, 0.717) is 0 Å². The number of nitrogens with zero attached hydrogens (tertiary/aromatic N) is 3. The predicted molar refractivity (Wildman–Crippen MR) is 113 cm³/mol. The minimum atomic E-state index is 0.972. The number of likely N-dealkylation sites (N-methyl/N-ethyl adjacent to an activating group) is 3. The second-order valence-corrected chi connectivity index (χ2v) is 7.90. The van der Waals surface area contributed by atoms with Crippen LogP contribution in [0.25, 0.3) is 0 Å². The summed E-state index contributed by atoms with van der Waals surface area (Å²) in [6.07, 6.45) is 11.3. The SMILES string of the molecule is C=CCN(C)C.C=CCN(C)C.C=CCN(C)C.CC1=[C]([Zr])CC=C1. The van der Waals surface area contributed by atoms with Crippen LogP contribution in [0.3, 0.4) is 0 Å². The van der Waals surface area contributed by atoms with E-state index < -0.39 is 0 Å². The molecule has 25 heavy (non-hydrogen) atoms. The Morgan fingerprint density at radius 1 is 0.840 bits per heavy atom. The predicted octanol–water partition coefficient (Wildman–Crippen LogP) is 3.97. The van der Waals surface area contributed by atoms with E-state index in [1.54, 1.807) is 28.0 Å². The number of hydrogen-bond donors (Lipinski definition) is 0. The van der Waals surface area contributed by atoms with E-state index >= 15 is 0 Å². The van der Waals surface area contributed by atoms with E-state index in [-0.39, 0.29) is 0 Å². The fraction of sp³-hybridized carbons (Fsp3) is 0.524. The molecule has 1 rings (SSSR count). The second kappa shape index (κ2) is 21.5. The Morgan fingerprint density at radius 3 is 1.20 bits per heavy atom. The fourth-order valence-electron chi connectivity index (χ4n) is 1.39. The van der Waals surface area contributed by atoms with Gasteiger partial charge >= 0.3 is 59.1 Å². The first-order valence-corrected chi connectivity index (χ1v) is 9.69. The molecule has 0 unspecified atom stereocenters. The van der Waals surface area contributed by atoms with Crippen molar-refractivity contribution in [1.29, 1.82) is 0 Å². The zero-order valence-corrected chi connectivity index (χ0v) is 20.1. The van der Waals surface area contributed by atoms with Crippen LogP contribution in [0.4, 0.5) is 0 Å². The molecule has 0 fully saturated rings. The van der Waals surface area contributed by atoms with Crippen LogP contribution in [0, 0.1) is 0 Å². The van der Waals surface area contributed by atoms with Crippen molar-refractivity contribution in [1.82, 2.24) is 14.7 Å². The molecule has 0 aromatic carbocycles. The van der Waals surface area contributed by atoms with Crippen LogP contribution in [0.15, 0.2) is 59.0 Å². The van der Waals surface area contributed by atoms with Gasteiger partial charge in [-0.25, -0.2) is 0 Å². The average Bonchev–Trinajstić information content (AvgIpc) is 2.84. The molecule has 1 aliphatic rings. The monoisotopic (exact) mass is 424 g/mol. The zero-order chi connectivity index (χ0) is 20.3. The first-order chi connectivity index (χ1) is 11.6. The summed E-state index contributed by atoms with van der Waals surface area (Å²) in [6, 6.07) is 0. The van der Waals surface area contributed by atoms with E-state index in [9.17, 15) is 0 Å². The van der Waals surface area contributed by atoms with Gasteiger partial charge in [0.1, 0.15) is 0 Å². The van der Waals surface area contributed by atoms with Gasteiger partial charge < -0.3 is 14.7 Å². The van der Waals surface area contributed by atoms with Gasteiger partial charge in [0.2, 0.25) is 0 Å². The molecule has 143 valence electrons. The van der Waals surface area contributed by atoms with E-state index in [4.69, 9.17) is 0 Å². The molecule has 0 aromatic heterocycles. The van der Waals surface area contributed by atoms with Gasteiger partial charge in [-0.2, -0.15) is 0 Å². The van der Waals surface area contributed by atoms with Crippen molar-refractivity contribution in [2.24, 2.45) is 0 Å². The summed E-state index contributed by atoms with van der Waals surface area (Å²) < 4.78 is 1.60. The van der Waals surface area contributed by atoms with Crippen LogP contribution in [0.1, 0.15) is 13.3 Å². The van der Waals surface area contributed by atoms with Crippen molar-refractivity contribution in [2.75, 3.05) is 61.9 Å². The normalized spacial score (nSPS) is 11.9. The van der Waals surface area contributed by atoms with Crippen LogP contribution in [0.5, 0.6) is 0 Å². The zero-order valence-electron chi connectivity index (χ0n) is 17.7. The third kappa shape index (κ3) is 31.7. The van der Waals surface area contributed by atoms with Gasteiger partial charge in [-0.15, -0.1) is 19.7 Å². The minimum absolute atomic E-state index is 0.972. The van der Waals surface area contributed by atoms with E-state index in [2.05, 4.69) is 53.5 Å². The third-order valence-electron chi connectivity index (χ3n) is 2.65. The summed E-state index contributed by atoms with van der Waals surface area (Å²) >= 11 is 1.58. The van der Waals surface area contributed by atoms with E-state index in [0.717, 1.165) is 19.6 Å². The van der Waals surface area contributed by atoms with Crippen molar-refractivity contribution in [3.63, 3.8) is 0 Å². The molecular weight excluding hydrogens is 385 g/mol. The standard InChI is InChI=1S/C6H7.3C5H11N.Zr/c1-6-4-2-3-5-6;3*1-4-5-6(2)3;/h2,4H,3H2,1H3;3*4H,1,5H2,2-3H3;. The van der Waals surface area contributed by atoms with Crippen LogP contribution in [-0.2, 0) is 24.7 Å². The molecule has 0 saturated heterocycles. The molecular formula is C21H40N3Zr. The number of hydrogen-bond acceptors (Lipinski definition) is 3. The molecule has 0 spiro atoms. The number of allylic oxidation sites excluding steroid dienone is 4. The molecule has 0 heterocycles. The molecule has 0 amide bonds. The average molecular weight is 426 g/mol. The Hall–Kier alpha value is -0.537. The van der Waals surface area contributed by atoms with Gasteiger partial charge in [-0.1, -0.05) is 18.2 Å². The van der Waals surface area contributed by atoms with Crippen LogP contribution in [-0.4, -0.2) is 76.6 Å². The van der Waals surface area contributed by atoms with E-state index in [1.807, 2.05) is 60.5 Å². The summed E-state index contributed by atoms with van der Waals surface area (Å²) in [4.78, 5) is 6.19. The Balaban J connectivity index is -0.000000259. The van der Waals surface area contributed by atoms with Crippen molar-refractivity contribution >= 4 is 0 Å². The molecule has 0 N–H and O–H groups in total. The van der Waals surface area contributed by atoms with Gasteiger partial charge in [0, 0.05) is 19.6 Å². The summed E-state index contributed by atoms with van der Waals surface area (Å²) in [6.45, 7) is 15.8. The van der Waals surface area contributed by atoms with Crippen molar-refractivity contribution in [2.45, 2.75) is 13.3 Å². The first kappa shape index (κ1) is 29.2. The Bertz CT molecular complexity index is 361. The Kier molecular flexibility index (Phi) is 25.1. The Morgan fingerprint density at radius 2 is 1.16 bits per heavy atom. The summed E-state index contributed by atoms with van der Waals surface area (Å²) in [5, 5.41) is 0. The van der Waals surface area contributed by atoms with Crippen molar-refractivity contribution in [3.05, 3.63) is 59.0 Å². The van der Waals surface area contributed by atoms with Crippen LogP contribution >= 0.6 is 0 Å². The molecule has 4 heteroatoms. The van der Waals surface area contributed by atoms with Crippen molar-refractivity contribution in [3.8, 4) is 0 Å². The van der Waals surface area contributed by atoms with Gasteiger partial charge in [0.25, 0.3) is 0 Å². The van der Waals surface area contributed by atoms with Crippen LogP contribution in [0.2, 0.25) is 0 Å². The molecule has 3 nitrogen and oxygen atoms in total. The summed E-state index contributed by atoms with van der Waals surface area (Å²) in [5.74, 6) is 0. The van der Waals surface area contributed by atoms with Gasteiger partial charge in [-0.3, -0.25) is 0 Å². The van der Waals surface area contributed by atoms with Crippen LogP contribution < -0.4 is 0 Å². The molecule has 0 radical (unpaired) electrons. The number of rotatable bonds is 6. The van der Waals surface area contributed by atoms with Gasteiger partial charge in [0.05, 0.1) is 0 Å². The maximum atomic E-state index is 3.56. The Labute approximate surface area is 173 Å². The quantitative estimate of drug-likeness (QED) is 0.596. The topological polar surface area (TPSA) is 9.72 Å². The molecule has 0 atom stereocenters. The summed E-state index contributed by atoms with van der Waals surface area (Å²) in [5.41, 5.74) is 1.48. The van der Waals surface area contributed by atoms with E-state index in [1.165, 1.54) is 12.0 Å². The van der Waals surface area contributed by atoms with Gasteiger partial charge in [-0.05, 0) is 42.3 Å². The molecule has 0 saturated carbocycles. The van der Waals surface area contributed by atoms with Gasteiger partial charge in [0.15, 0.2) is 0 Å². The molecule has 0 bridgehead atoms. The first-order valence-electron chi connectivity index (χ1n) is 8.47.